The number of hydrogen-bond acceptors (Lipinski definition) is 3. The first kappa shape index (κ1) is 14.0. The standard InChI is InChI=1S/C15H23N3O/c1-12-4-6-13(7-5-12)15(2,14(16)19)18-10-3-8-17-9-11-18/h4-7,17H,3,8-11H2,1-2H3,(H2,16,19). The number of carbonyl (C=O) groups excluding carboxylic acids is 1. The quantitative estimate of drug-likeness (QED) is 0.853. The normalized spacial score (nSPS) is 20.5. The highest BCUT2D eigenvalue weighted by Crippen LogP contribution is 2.28. The largest absolute Gasteiger partial charge is 0.368 e. The maximum atomic E-state index is 12.1. The van der Waals surface area contributed by atoms with Gasteiger partial charge < -0.3 is 11.1 Å². The Morgan fingerprint density at radius 1 is 1.26 bits per heavy atom. The van der Waals surface area contributed by atoms with Crippen LogP contribution in [-0.4, -0.2) is 37.0 Å². The highest BCUT2D eigenvalue weighted by Gasteiger charge is 2.39. The van der Waals surface area contributed by atoms with Crippen molar-refractivity contribution in [2.24, 2.45) is 5.73 Å². The first-order chi connectivity index (χ1) is 9.05. The lowest BCUT2D eigenvalue weighted by Crippen LogP contribution is -2.54. The fourth-order valence-corrected chi connectivity index (χ4v) is 2.65. The van der Waals surface area contributed by atoms with E-state index in [2.05, 4.69) is 10.2 Å². The Morgan fingerprint density at radius 3 is 2.58 bits per heavy atom. The molecule has 4 nitrogen and oxygen atoms in total. The zero-order valence-corrected chi connectivity index (χ0v) is 11.8. The van der Waals surface area contributed by atoms with E-state index in [0.717, 1.165) is 38.2 Å². The molecule has 4 heteroatoms. The highest BCUT2D eigenvalue weighted by atomic mass is 16.1. The Morgan fingerprint density at radius 2 is 1.95 bits per heavy atom. The van der Waals surface area contributed by atoms with Gasteiger partial charge in [-0.05, 0) is 32.4 Å². The Labute approximate surface area is 115 Å². The molecule has 3 N–H and O–H groups in total. The van der Waals surface area contributed by atoms with E-state index < -0.39 is 5.54 Å². The molecule has 0 aliphatic carbocycles. The maximum absolute atomic E-state index is 12.1. The molecule has 0 aromatic heterocycles. The highest BCUT2D eigenvalue weighted by molar-refractivity contribution is 5.85. The van der Waals surface area contributed by atoms with Crippen molar-refractivity contribution in [3.05, 3.63) is 35.4 Å². The summed E-state index contributed by atoms with van der Waals surface area (Å²) in [5.74, 6) is -0.279. The van der Waals surface area contributed by atoms with Crippen LogP contribution in [0.2, 0.25) is 0 Å². The average molecular weight is 261 g/mol. The van der Waals surface area contributed by atoms with E-state index in [1.165, 1.54) is 5.56 Å². The summed E-state index contributed by atoms with van der Waals surface area (Å²) in [6.07, 6.45) is 1.04. The smallest absolute Gasteiger partial charge is 0.242 e. The Bertz CT molecular complexity index is 435. The van der Waals surface area contributed by atoms with E-state index in [-0.39, 0.29) is 5.91 Å². The third-order valence-corrected chi connectivity index (χ3v) is 4.07. The summed E-state index contributed by atoms with van der Waals surface area (Å²) in [6, 6.07) is 8.09. The third-order valence-electron chi connectivity index (χ3n) is 4.07. The van der Waals surface area contributed by atoms with Gasteiger partial charge in [-0.1, -0.05) is 29.8 Å². The summed E-state index contributed by atoms with van der Waals surface area (Å²) in [5.41, 5.74) is 7.17. The van der Waals surface area contributed by atoms with E-state index in [1.54, 1.807) is 0 Å². The predicted octanol–water partition coefficient (Wildman–Crippen LogP) is 0.991. The molecule has 1 aromatic carbocycles. The zero-order valence-electron chi connectivity index (χ0n) is 11.8. The van der Waals surface area contributed by atoms with Gasteiger partial charge in [-0.25, -0.2) is 0 Å². The van der Waals surface area contributed by atoms with Crippen molar-refractivity contribution in [3.63, 3.8) is 0 Å². The minimum absolute atomic E-state index is 0.279. The topological polar surface area (TPSA) is 58.4 Å². The summed E-state index contributed by atoms with van der Waals surface area (Å²) < 4.78 is 0. The molecule has 1 atom stereocenters. The second-order valence-corrected chi connectivity index (χ2v) is 5.39. The molecule has 1 amide bonds. The van der Waals surface area contributed by atoms with Gasteiger partial charge in [0, 0.05) is 19.6 Å². The summed E-state index contributed by atoms with van der Waals surface area (Å²) in [7, 11) is 0. The van der Waals surface area contributed by atoms with E-state index in [9.17, 15) is 4.79 Å². The number of nitrogens with zero attached hydrogens (tertiary/aromatic N) is 1. The second kappa shape index (κ2) is 5.72. The van der Waals surface area contributed by atoms with E-state index in [1.807, 2.05) is 38.1 Å². The molecule has 0 saturated carbocycles. The molecular formula is C15H23N3O. The van der Waals surface area contributed by atoms with Crippen LogP contribution in [0.1, 0.15) is 24.5 Å². The van der Waals surface area contributed by atoms with Crippen LogP contribution in [0, 0.1) is 6.92 Å². The number of nitrogens with two attached hydrogens (primary N) is 1. The minimum atomic E-state index is -0.722. The molecule has 19 heavy (non-hydrogen) atoms. The number of aryl methyl sites for hydroxylation is 1. The van der Waals surface area contributed by atoms with Crippen LogP contribution in [0.5, 0.6) is 0 Å². The lowest BCUT2D eigenvalue weighted by Gasteiger charge is -2.38. The van der Waals surface area contributed by atoms with Crippen molar-refractivity contribution >= 4 is 5.91 Å². The molecule has 1 aliphatic heterocycles. The van der Waals surface area contributed by atoms with Crippen LogP contribution in [0.15, 0.2) is 24.3 Å². The molecule has 1 aromatic rings. The van der Waals surface area contributed by atoms with Crippen molar-refractivity contribution in [2.75, 3.05) is 26.2 Å². The molecule has 104 valence electrons. The third kappa shape index (κ3) is 2.80. The Balaban J connectivity index is 2.35. The number of primary amides is 1. The maximum Gasteiger partial charge on any atom is 0.242 e. The number of carbonyl (C=O) groups is 1. The fraction of sp³-hybridized carbons (Fsp3) is 0.533. The van der Waals surface area contributed by atoms with Crippen LogP contribution < -0.4 is 11.1 Å². The van der Waals surface area contributed by atoms with Gasteiger partial charge in [-0.2, -0.15) is 0 Å². The Kier molecular flexibility index (Phi) is 4.22. The zero-order chi connectivity index (χ0) is 13.9. The van der Waals surface area contributed by atoms with Gasteiger partial charge in [0.2, 0.25) is 5.91 Å². The summed E-state index contributed by atoms with van der Waals surface area (Å²) >= 11 is 0. The first-order valence-electron chi connectivity index (χ1n) is 6.88. The monoisotopic (exact) mass is 261 g/mol. The molecule has 1 heterocycles. The lowest BCUT2D eigenvalue weighted by atomic mass is 9.88. The van der Waals surface area contributed by atoms with Crippen molar-refractivity contribution in [3.8, 4) is 0 Å². The van der Waals surface area contributed by atoms with Gasteiger partial charge in [-0.3, -0.25) is 9.69 Å². The molecule has 0 bridgehead atoms. The van der Waals surface area contributed by atoms with Crippen LogP contribution in [-0.2, 0) is 10.3 Å². The first-order valence-corrected chi connectivity index (χ1v) is 6.88. The second-order valence-electron chi connectivity index (χ2n) is 5.39. The van der Waals surface area contributed by atoms with Crippen molar-refractivity contribution in [2.45, 2.75) is 25.8 Å². The van der Waals surface area contributed by atoms with E-state index in [4.69, 9.17) is 5.73 Å². The predicted molar refractivity (Wildman–Crippen MR) is 76.8 cm³/mol. The Hall–Kier alpha value is -1.39. The molecular weight excluding hydrogens is 238 g/mol. The van der Waals surface area contributed by atoms with Crippen molar-refractivity contribution < 1.29 is 4.79 Å². The fourth-order valence-electron chi connectivity index (χ4n) is 2.65. The summed E-state index contributed by atoms with van der Waals surface area (Å²) in [5, 5.41) is 3.36. The van der Waals surface area contributed by atoms with Crippen molar-refractivity contribution in [1.29, 1.82) is 0 Å². The number of nitrogens with one attached hydrogen (secondary N) is 1. The van der Waals surface area contributed by atoms with E-state index in [0.29, 0.717) is 0 Å². The number of benzene rings is 1. The van der Waals surface area contributed by atoms with Crippen LogP contribution >= 0.6 is 0 Å². The summed E-state index contributed by atoms with van der Waals surface area (Å²) in [4.78, 5) is 14.3. The van der Waals surface area contributed by atoms with Crippen LogP contribution in [0.25, 0.3) is 0 Å². The van der Waals surface area contributed by atoms with Gasteiger partial charge in [0.15, 0.2) is 0 Å². The molecule has 1 aliphatic rings. The van der Waals surface area contributed by atoms with Crippen LogP contribution in [0.4, 0.5) is 0 Å². The van der Waals surface area contributed by atoms with Crippen molar-refractivity contribution in [1.82, 2.24) is 10.2 Å². The molecule has 1 fully saturated rings. The van der Waals surface area contributed by atoms with Gasteiger partial charge in [0.05, 0.1) is 0 Å². The van der Waals surface area contributed by atoms with Gasteiger partial charge in [0.1, 0.15) is 5.54 Å². The molecule has 0 radical (unpaired) electrons. The van der Waals surface area contributed by atoms with Gasteiger partial charge in [-0.15, -0.1) is 0 Å². The number of hydrogen-bond donors (Lipinski definition) is 2. The number of amides is 1. The van der Waals surface area contributed by atoms with E-state index >= 15 is 0 Å². The molecule has 1 saturated heterocycles. The number of rotatable bonds is 3. The molecule has 0 spiro atoms. The van der Waals surface area contributed by atoms with Gasteiger partial charge >= 0.3 is 0 Å². The minimum Gasteiger partial charge on any atom is -0.368 e. The lowest BCUT2D eigenvalue weighted by molar-refractivity contribution is -0.129. The summed E-state index contributed by atoms with van der Waals surface area (Å²) in [6.45, 7) is 7.61. The average Bonchev–Trinajstić information content (AvgIpc) is 2.67. The molecule has 2 rings (SSSR count). The van der Waals surface area contributed by atoms with Crippen LogP contribution in [0.3, 0.4) is 0 Å². The van der Waals surface area contributed by atoms with Gasteiger partial charge in [0.25, 0.3) is 0 Å². The molecule has 1 unspecified atom stereocenters. The SMILES string of the molecule is Cc1ccc(C(C)(C(N)=O)N2CCCNCC2)cc1.